The van der Waals surface area contributed by atoms with E-state index in [1.54, 1.807) is 0 Å². The van der Waals surface area contributed by atoms with E-state index in [1.165, 1.54) is 6.42 Å². The van der Waals surface area contributed by atoms with Crippen LogP contribution in [0.15, 0.2) is 0 Å². The molecule has 0 amide bonds. The van der Waals surface area contributed by atoms with Gasteiger partial charge in [-0.15, -0.1) is 0 Å². The molecule has 3 heterocycles. The molecule has 0 aromatic carbocycles. The number of epoxide rings is 2. The minimum absolute atomic E-state index is 0.524. The summed E-state index contributed by atoms with van der Waals surface area (Å²) in [5, 5.41) is 3.45. The van der Waals surface area contributed by atoms with E-state index in [9.17, 15) is 0 Å². The predicted molar refractivity (Wildman–Crippen MR) is 52.3 cm³/mol. The number of hydrogen-bond donors (Lipinski definition) is 1. The Kier molecular flexibility index (Phi) is 2.45. The predicted octanol–water partition coefficient (Wildman–Crippen LogP) is -0.552. The molecule has 3 aliphatic rings. The molecule has 0 saturated carbocycles. The van der Waals surface area contributed by atoms with Crippen molar-refractivity contribution in [3.63, 3.8) is 0 Å². The molecule has 4 heteroatoms. The molecular formula is C10H18N2O2. The van der Waals surface area contributed by atoms with Crippen LogP contribution < -0.4 is 5.32 Å². The van der Waals surface area contributed by atoms with Gasteiger partial charge in [0.05, 0.1) is 25.4 Å². The van der Waals surface area contributed by atoms with Crippen molar-refractivity contribution in [3.05, 3.63) is 0 Å². The highest BCUT2D eigenvalue weighted by Gasteiger charge is 2.34. The summed E-state index contributed by atoms with van der Waals surface area (Å²) in [7, 11) is 0. The van der Waals surface area contributed by atoms with E-state index in [2.05, 4.69) is 10.2 Å². The Balaban J connectivity index is 1.52. The largest absolute Gasteiger partial charge is 0.373 e. The third-order valence-electron chi connectivity index (χ3n) is 3.25. The molecule has 3 fully saturated rings. The number of hydrogen-bond acceptors (Lipinski definition) is 4. The first-order valence-electron chi connectivity index (χ1n) is 5.60. The molecule has 3 unspecified atom stereocenters. The average Bonchev–Trinajstić information content (AvgIpc) is 3.01. The van der Waals surface area contributed by atoms with Crippen molar-refractivity contribution in [2.45, 2.75) is 24.7 Å². The summed E-state index contributed by atoms with van der Waals surface area (Å²) in [6.07, 6.45) is 2.26. The van der Waals surface area contributed by atoms with Crippen molar-refractivity contribution in [3.8, 4) is 0 Å². The van der Waals surface area contributed by atoms with E-state index < -0.39 is 0 Å². The number of rotatable bonds is 4. The van der Waals surface area contributed by atoms with Gasteiger partial charge >= 0.3 is 0 Å². The molecule has 0 aromatic rings. The van der Waals surface area contributed by atoms with E-state index in [1.807, 2.05) is 0 Å². The Morgan fingerprint density at radius 2 is 2.00 bits per heavy atom. The lowest BCUT2D eigenvalue weighted by atomic mass is 10.1. The number of piperazine rings is 1. The number of nitrogens with zero attached hydrogens (tertiary/aromatic N) is 1. The number of ether oxygens (including phenoxy) is 2. The zero-order valence-electron chi connectivity index (χ0n) is 8.45. The first-order chi connectivity index (χ1) is 6.92. The summed E-state index contributed by atoms with van der Waals surface area (Å²) in [6, 6.07) is 0.667. The summed E-state index contributed by atoms with van der Waals surface area (Å²) in [5.41, 5.74) is 0. The van der Waals surface area contributed by atoms with Gasteiger partial charge in [0.1, 0.15) is 0 Å². The molecule has 0 aromatic heterocycles. The number of nitrogens with one attached hydrogen (secondary N) is 1. The zero-order valence-corrected chi connectivity index (χ0v) is 8.45. The normalized spacial score (nSPS) is 42.4. The monoisotopic (exact) mass is 198 g/mol. The van der Waals surface area contributed by atoms with Crippen LogP contribution in [0.5, 0.6) is 0 Å². The van der Waals surface area contributed by atoms with Gasteiger partial charge in [-0.1, -0.05) is 0 Å². The van der Waals surface area contributed by atoms with E-state index >= 15 is 0 Å². The standard InChI is InChI=1S/C10H18N2O2/c1-2-12(5-10-7-14-10)8(4-11-1)3-9-6-13-9/h8-11H,1-7H2. The van der Waals surface area contributed by atoms with Gasteiger partial charge in [0.15, 0.2) is 0 Å². The Labute approximate surface area is 84.5 Å². The minimum atomic E-state index is 0.524. The molecule has 0 bridgehead atoms. The van der Waals surface area contributed by atoms with E-state index in [0.29, 0.717) is 18.2 Å². The molecule has 0 spiro atoms. The molecule has 14 heavy (non-hydrogen) atoms. The second-order valence-electron chi connectivity index (χ2n) is 4.50. The topological polar surface area (TPSA) is 40.3 Å². The van der Waals surface area contributed by atoms with Crippen molar-refractivity contribution in [1.82, 2.24) is 10.2 Å². The molecular weight excluding hydrogens is 180 g/mol. The van der Waals surface area contributed by atoms with Crippen LogP contribution in [0.4, 0.5) is 0 Å². The first-order valence-corrected chi connectivity index (χ1v) is 5.60. The maximum absolute atomic E-state index is 5.29. The van der Waals surface area contributed by atoms with E-state index in [0.717, 1.165) is 39.4 Å². The van der Waals surface area contributed by atoms with Gasteiger partial charge < -0.3 is 14.8 Å². The fourth-order valence-electron chi connectivity index (χ4n) is 2.22. The van der Waals surface area contributed by atoms with Crippen LogP contribution in [-0.2, 0) is 9.47 Å². The average molecular weight is 198 g/mol. The van der Waals surface area contributed by atoms with Gasteiger partial charge in [-0.2, -0.15) is 0 Å². The minimum Gasteiger partial charge on any atom is -0.373 e. The highest BCUT2D eigenvalue weighted by molar-refractivity contribution is 4.88. The van der Waals surface area contributed by atoms with Crippen molar-refractivity contribution in [2.24, 2.45) is 0 Å². The van der Waals surface area contributed by atoms with Crippen LogP contribution in [0.3, 0.4) is 0 Å². The first kappa shape index (κ1) is 9.09. The summed E-state index contributed by atoms with van der Waals surface area (Å²) in [6.45, 7) is 6.47. The summed E-state index contributed by atoms with van der Waals surface area (Å²) >= 11 is 0. The quantitative estimate of drug-likeness (QED) is 0.615. The lowest BCUT2D eigenvalue weighted by molar-refractivity contribution is 0.133. The van der Waals surface area contributed by atoms with Crippen LogP contribution in [0.2, 0.25) is 0 Å². The van der Waals surface area contributed by atoms with Gasteiger partial charge in [0, 0.05) is 32.2 Å². The fraction of sp³-hybridized carbons (Fsp3) is 1.00. The fourth-order valence-corrected chi connectivity index (χ4v) is 2.22. The summed E-state index contributed by atoms with van der Waals surface area (Å²) in [5.74, 6) is 0. The third kappa shape index (κ3) is 2.25. The maximum Gasteiger partial charge on any atom is 0.0936 e. The Bertz CT molecular complexity index is 182. The third-order valence-corrected chi connectivity index (χ3v) is 3.25. The molecule has 1 N–H and O–H groups in total. The van der Waals surface area contributed by atoms with Crippen LogP contribution >= 0.6 is 0 Å². The molecule has 3 rings (SSSR count). The molecule has 0 aliphatic carbocycles. The van der Waals surface area contributed by atoms with Crippen molar-refractivity contribution in [1.29, 1.82) is 0 Å². The Morgan fingerprint density at radius 3 is 2.71 bits per heavy atom. The molecule has 0 radical (unpaired) electrons. The summed E-state index contributed by atoms with van der Waals surface area (Å²) in [4.78, 5) is 2.57. The van der Waals surface area contributed by atoms with Crippen molar-refractivity contribution < 1.29 is 9.47 Å². The highest BCUT2D eigenvalue weighted by atomic mass is 16.6. The Hall–Kier alpha value is -0.160. The highest BCUT2D eigenvalue weighted by Crippen LogP contribution is 2.21. The van der Waals surface area contributed by atoms with Gasteiger partial charge in [-0.05, 0) is 6.42 Å². The molecule has 3 aliphatic heterocycles. The molecule has 3 atom stereocenters. The van der Waals surface area contributed by atoms with Gasteiger partial charge in [-0.25, -0.2) is 0 Å². The van der Waals surface area contributed by atoms with Crippen molar-refractivity contribution >= 4 is 0 Å². The Morgan fingerprint density at radius 1 is 1.21 bits per heavy atom. The van der Waals surface area contributed by atoms with E-state index in [-0.39, 0.29) is 0 Å². The van der Waals surface area contributed by atoms with Gasteiger partial charge in [-0.3, -0.25) is 4.90 Å². The molecule has 4 nitrogen and oxygen atoms in total. The van der Waals surface area contributed by atoms with Gasteiger partial charge in [0.2, 0.25) is 0 Å². The van der Waals surface area contributed by atoms with E-state index in [4.69, 9.17) is 9.47 Å². The SMILES string of the molecule is C1CN(CC2CO2)C(CC2CO2)CN1. The second kappa shape index (κ2) is 3.77. The van der Waals surface area contributed by atoms with Crippen LogP contribution in [-0.4, -0.2) is 62.5 Å². The lowest BCUT2D eigenvalue weighted by Crippen LogP contribution is -2.52. The van der Waals surface area contributed by atoms with Crippen LogP contribution in [0, 0.1) is 0 Å². The second-order valence-corrected chi connectivity index (χ2v) is 4.50. The van der Waals surface area contributed by atoms with Crippen LogP contribution in [0.1, 0.15) is 6.42 Å². The molecule has 3 saturated heterocycles. The maximum atomic E-state index is 5.29. The zero-order chi connectivity index (χ0) is 9.38. The van der Waals surface area contributed by atoms with Gasteiger partial charge in [0.25, 0.3) is 0 Å². The van der Waals surface area contributed by atoms with Crippen LogP contribution in [0.25, 0.3) is 0 Å². The smallest absolute Gasteiger partial charge is 0.0936 e. The summed E-state index contributed by atoms with van der Waals surface area (Å²) < 4.78 is 10.6. The molecule has 80 valence electrons. The van der Waals surface area contributed by atoms with Crippen molar-refractivity contribution in [2.75, 3.05) is 39.4 Å². The lowest BCUT2D eigenvalue weighted by Gasteiger charge is -2.35.